The second-order valence-corrected chi connectivity index (χ2v) is 6.72. The zero-order valence-corrected chi connectivity index (χ0v) is 16.5. The summed E-state index contributed by atoms with van der Waals surface area (Å²) in [6.45, 7) is 3.32. The Labute approximate surface area is 172 Å². The number of urea groups is 1. The Morgan fingerprint density at radius 2 is 1.80 bits per heavy atom. The van der Waals surface area contributed by atoms with Crippen molar-refractivity contribution in [2.45, 2.75) is 19.9 Å². The Morgan fingerprint density at radius 3 is 2.47 bits per heavy atom. The van der Waals surface area contributed by atoms with Crippen LogP contribution in [0.3, 0.4) is 0 Å². The number of hydrogen-bond acceptors (Lipinski definition) is 4. The van der Waals surface area contributed by atoms with E-state index in [0.29, 0.717) is 23.5 Å². The molecule has 8 nitrogen and oxygen atoms in total. The van der Waals surface area contributed by atoms with Crippen LogP contribution in [0.4, 0.5) is 20.6 Å². The van der Waals surface area contributed by atoms with Gasteiger partial charge in [-0.1, -0.05) is 6.07 Å². The lowest BCUT2D eigenvalue weighted by atomic mass is 10.2. The standard InChI is InChI=1S/C21H21FN4O4/c1-3-23-19(28)14-5-4-6-16(11-14)24-18(27)12-25-20(29)13(2)26(21(25)30)17-9-7-15(22)8-10-17/h4-11,13H,3,12H2,1-2H3,(H,23,28)(H,24,27). The fraction of sp³-hybridized carbons (Fsp3) is 0.238. The van der Waals surface area contributed by atoms with Crippen LogP contribution in [-0.4, -0.2) is 47.8 Å². The van der Waals surface area contributed by atoms with E-state index in [4.69, 9.17) is 0 Å². The molecule has 2 aromatic rings. The molecule has 1 saturated heterocycles. The predicted octanol–water partition coefficient (Wildman–Crippen LogP) is 2.37. The summed E-state index contributed by atoms with van der Waals surface area (Å²) in [7, 11) is 0. The van der Waals surface area contributed by atoms with Gasteiger partial charge in [0, 0.05) is 23.5 Å². The summed E-state index contributed by atoms with van der Waals surface area (Å²) >= 11 is 0. The summed E-state index contributed by atoms with van der Waals surface area (Å²) in [4.78, 5) is 51.7. The molecule has 0 radical (unpaired) electrons. The van der Waals surface area contributed by atoms with Crippen molar-refractivity contribution in [2.75, 3.05) is 23.3 Å². The first-order chi connectivity index (χ1) is 14.3. The maximum atomic E-state index is 13.2. The third-order valence-corrected chi connectivity index (χ3v) is 4.60. The lowest BCUT2D eigenvalue weighted by molar-refractivity contribution is -0.130. The number of nitrogens with zero attached hydrogens (tertiary/aromatic N) is 2. The Kier molecular flexibility index (Phi) is 6.10. The summed E-state index contributed by atoms with van der Waals surface area (Å²) in [5.74, 6) is -1.86. The highest BCUT2D eigenvalue weighted by molar-refractivity contribution is 6.16. The number of anilines is 2. The van der Waals surface area contributed by atoms with E-state index in [-0.39, 0.29) is 5.91 Å². The highest BCUT2D eigenvalue weighted by Crippen LogP contribution is 2.26. The molecule has 1 aliphatic rings. The van der Waals surface area contributed by atoms with E-state index in [9.17, 15) is 23.6 Å². The van der Waals surface area contributed by atoms with Crippen molar-refractivity contribution in [1.82, 2.24) is 10.2 Å². The van der Waals surface area contributed by atoms with Gasteiger partial charge in [-0.25, -0.2) is 9.18 Å². The molecule has 0 spiro atoms. The highest BCUT2D eigenvalue weighted by Gasteiger charge is 2.44. The molecule has 2 N–H and O–H groups in total. The number of amides is 5. The number of nitrogens with one attached hydrogen (secondary N) is 2. The third-order valence-electron chi connectivity index (χ3n) is 4.60. The molecule has 0 saturated carbocycles. The Balaban J connectivity index is 1.70. The normalized spacial score (nSPS) is 16.0. The fourth-order valence-corrected chi connectivity index (χ4v) is 3.15. The van der Waals surface area contributed by atoms with Crippen LogP contribution >= 0.6 is 0 Å². The molecule has 3 rings (SSSR count). The number of halogens is 1. The van der Waals surface area contributed by atoms with Crippen LogP contribution in [-0.2, 0) is 9.59 Å². The van der Waals surface area contributed by atoms with Gasteiger partial charge in [0.15, 0.2) is 0 Å². The van der Waals surface area contributed by atoms with Gasteiger partial charge in [-0.05, 0) is 56.3 Å². The molecule has 156 valence electrons. The minimum Gasteiger partial charge on any atom is -0.352 e. The summed E-state index contributed by atoms with van der Waals surface area (Å²) < 4.78 is 13.2. The van der Waals surface area contributed by atoms with E-state index in [2.05, 4.69) is 10.6 Å². The monoisotopic (exact) mass is 412 g/mol. The van der Waals surface area contributed by atoms with Gasteiger partial charge in [0.2, 0.25) is 5.91 Å². The van der Waals surface area contributed by atoms with E-state index < -0.39 is 36.2 Å². The molecule has 1 unspecified atom stereocenters. The average Bonchev–Trinajstić information content (AvgIpc) is 2.92. The molecule has 1 fully saturated rings. The van der Waals surface area contributed by atoms with Crippen molar-refractivity contribution >= 4 is 35.1 Å². The second kappa shape index (κ2) is 8.73. The SMILES string of the molecule is CCNC(=O)c1cccc(NC(=O)CN2C(=O)C(C)N(c3ccc(F)cc3)C2=O)c1. The minimum atomic E-state index is -0.822. The number of rotatable bonds is 6. The molecular weight excluding hydrogens is 391 g/mol. The molecule has 0 aliphatic carbocycles. The highest BCUT2D eigenvalue weighted by atomic mass is 19.1. The van der Waals surface area contributed by atoms with Crippen molar-refractivity contribution < 1.29 is 23.6 Å². The van der Waals surface area contributed by atoms with Gasteiger partial charge in [0.1, 0.15) is 18.4 Å². The van der Waals surface area contributed by atoms with Crippen LogP contribution in [0, 0.1) is 5.82 Å². The van der Waals surface area contributed by atoms with Crippen molar-refractivity contribution in [2.24, 2.45) is 0 Å². The average molecular weight is 412 g/mol. The molecule has 1 aliphatic heterocycles. The van der Waals surface area contributed by atoms with Crippen LogP contribution in [0.15, 0.2) is 48.5 Å². The Hall–Kier alpha value is -3.75. The first-order valence-electron chi connectivity index (χ1n) is 9.40. The van der Waals surface area contributed by atoms with E-state index in [0.717, 1.165) is 4.90 Å². The zero-order chi connectivity index (χ0) is 21.8. The van der Waals surface area contributed by atoms with Gasteiger partial charge >= 0.3 is 6.03 Å². The predicted molar refractivity (Wildman–Crippen MR) is 109 cm³/mol. The van der Waals surface area contributed by atoms with Gasteiger partial charge in [-0.2, -0.15) is 0 Å². The van der Waals surface area contributed by atoms with Gasteiger partial charge < -0.3 is 10.6 Å². The number of hydrogen-bond donors (Lipinski definition) is 2. The minimum absolute atomic E-state index is 0.276. The van der Waals surface area contributed by atoms with Gasteiger partial charge in [0.25, 0.3) is 11.8 Å². The van der Waals surface area contributed by atoms with Crippen molar-refractivity contribution in [3.8, 4) is 0 Å². The summed E-state index contributed by atoms with van der Waals surface area (Å²) in [5.41, 5.74) is 1.10. The molecule has 5 amide bonds. The van der Waals surface area contributed by atoms with Crippen LogP contribution in [0.25, 0.3) is 0 Å². The molecular formula is C21H21FN4O4. The molecule has 1 heterocycles. The summed E-state index contributed by atoms with van der Waals surface area (Å²) in [6, 6.07) is 10.0. The molecule has 2 aromatic carbocycles. The maximum Gasteiger partial charge on any atom is 0.332 e. The first kappa shape index (κ1) is 21.0. The first-order valence-corrected chi connectivity index (χ1v) is 9.40. The molecule has 30 heavy (non-hydrogen) atoms. The third kappa shape index (κ3) is 4.29. The summed E-state index contributed by atoms with van der Waals surface area (Å²) in [6.07, 6.45) is 0. The molecule has 1 atom stereocenters. The van der Waals surface area contributed by atoms with Crippen LogP contribution < -0.4 is 15.5 Å². The zero-order valence-electron chi connectivity index (χ0n) is 16.5. The molecule has 0 aromatic heterocycles. The summed E-state index contributed by atoms with van der Waals surface area (Å²) in [5, 5.41) is 5.25. The van der Waals surface area contributed by atoms with Gasteiger partial charge in [-0.3, -0.25) is 24.2 Å². The smallest absolute Gasteiger partial charge is 0.332 e. The van der Waals surface area contributed by atoms with Gasteiger partial charge in [-0.15, -0.1) is 0 Å². The van der Waals surface area contributed by atoms with E-state index in [1.165, 1.54) is 42.2 Å². The van der Waals surface area contributed by atoms with Crippen molar-refractivity contribution in [3.63, 3.8) is 0 Å². The lowest BCUT2D eigenvalue weighted by Gasteiger charge is -2.19. The van der Waals surface area contributed by atoms with Crippen LogP contribution in [0.2, 0.25) is 0 Å². The number of benzene rings is 2. The fourth-order valence-electron chi connectivity index (χ4n) is 3.15. The van der Waals surface area contributed by atoms with E-state index in [1.807, 2.05) is 0 Å². The number of imide groups is 1. The Bertz CT molecular complexity index is 993. The number of carbonyl (C=O) groups is 4. The topological polar surface area (TPSA) is 98.8 Å². The molecule has 9 heteroatoms. The van der Waals surface area contributed by atoms with Crippen LogP contribution in [0.1, 0.15) is 24.2 Å². The second-order valence-electron chi connectivity index (χ2n) is 6.72. The van der Waals surface area contributed by atoms with E-state index in [1.54, 1.807) is 25.1 Å². The quantitative estimate of drug-likeness (QED) is 0.712. The van der Waals surface area contributed by atoms with Crippen molar-refractivity contribution in [1.29, 1.82) is 0 Å². The number of carbonyl (C=O) groups excluding carboxylic acids is 4. The lowest BCUT2D eigenvalue weighted by Crippen LogP contribution is -2.39. The maximum absolute atomic E-state index is 13.2. The van der Waals surface area contributed by atoms with Gasteiger partial charge in [0.05, 0.1) is 0 Å². The van der Waals surface area contributed by atoms with E-state index >= 15 is 0 Å². The largest absolute Gasteiger partial charge is 0.352 e. The van der Waals surface area contributed by atoms with Crippen LogP contribution in [0.5, 0.6) is 0 Å². The Morgan fingerprint density at radius 1 is 1.10 bits per heavy atom. The van der Waals surface area contributed by atoms with Crippen molar-refractivity contribution in [3.05, 3.63) is 59.9 Å². The molecule has 0 bridgehead atoms.